The van der Waals surface area contributed by atoms with Gasteiger partial charge in [0.15, 0.2) is 0 Å². The van der Waals surface area contributed by atoms with Gasteiger partial charge in [0, 0.05) is 19.5 Å². The topological polar surface area (TPSA) is 41.1 Å². The Labute approximate surface area is 167 Å². The summed E-state index contributed by atoms with van der Waals surface area (Å²) in [6.45, 7) is 0.0670. The van der Waals surface area contributed by atoms with Gasteiger partial charge in [-0.15, -0.1) is 0 Å². The van der Waals surface area contributed by atoms with E-state index in [0.29, 0.717) is 17.7 Å². The molecule has 2 N–H and O–H groups in total. The van der Waals surface area contributed by atoms with Crippen molar-refractivity contribution in [2.45, 2.75) is 37.5 Å². The van der Waals surface area contributed by atoms with Crippen LogP contribution in [-0.4, -0.2) is 24.7 Å². The van der Waals surface area contributed by atoms with Gasteiger partial charge in [0.1, 0.15) is 6.17 Å². The molecular formula is C20H17F7N2O. The van der Waals surface area contributed by atoms with Crippen LogP contribution in [0, 0.1) is 0 Å². The number of benzene rings is 2. The van der Waals surface area contributed by atoms with Crippen molar-refractivity contribution >= 4 is 5.91 Å². The second-order valence-corrected chi connectivity index (χ2v) is 7.01. The first-order chi connectivity index (χ1) is 13.9. The van der Waals surface area contributed by atoms with E-state index < -0.39 is 41.6 Å². The summed E-state index contributed by atoms with van der Waals surface area (Å²) in [4.78, 5) is 12.0. The molecule has 3 rings (SSSR count). The van der Waals surface area contributed by atoms with Gasteiger partial charge in [-0.05, 0) is 41.0 Å². The van der Waals surface area contributed by atoms with Gasteiger partial charge >= 0.3 is 12.4 Å². The Balaban J connectivity index is 1.83. The molecular weight excluding hydrogens is 417 g/mol. The van der Waals surface area contributed by atoms with E-state index in [-0.39, 0.29) is 36.7 Å². The number of amides is 1. The second kappa shape index (κ2) is 8.25. The van der Waals surface area contributed by atoms with Crippen LogP contribution in [0.2, 0.25) is 0 Å². The van der Waals surface area contributed by atoms with Crippen LogP contribution in [0.4, 0.5) is 30.7 Å². The van der Waals surface area contributed by atoms with Gasteiger partial charge in [-0.2, -0.15) is 26.3 Å². The Kier molecular flexibility index (Phi) is 6.07. The first-order valence-electron chi connectivity index (χ1n) is 8.97. The smallest absolute Gasteiger partial charge is 0.351 e. The minimum absolute atomic E-state index is 0.00705. The molecule has 2 aromatic carbocycles. The Bertz CT molecular complexity index is 892. The number of nitrogens with one attached hydrogen (secondary N) is 2. The number of hydrogen-bond acceptors (Lipinski definition) is 2. The third-order valence-electron chi connectivity index (χ3n) is 4.71. The first kappa shape index (κ1) is 22.1. The predicted octanol–water partition coefficient (Wildman–Crippen LogP) is 4.71. The number of carbonyl (C=O) groups excluding carboxylic acids is 1. The lowest BCUT2D eigenvalue weighted by molar-refractivity contribution is -0.143. The minimum atomic E-state index is -4.94. The Morgan fingerprint density at radius 3 is 2.13 bits per heavy atom. The van der Waals surface area contributed by atoms with Crippen LogP contribution in [0.1, 0.15) is 23.1 Å². The van der Waals surface area contributed by atoms with Crippen molar-refractivity contribution in [2.24, 2.45) is 0 Å². The molecule has 0 spiro atoms. The maximum Gasteiger partial charge on any atom is 0.416 e. The molecule has 2 aromatic rings. The lowest BCUT2D eigenvalue weighted by atomic mass is 9.97. The van der Waals surface area contributed by atoms with Crippen molar-refractivity contribution < 1.29 is 35.5 Å². The zero-order valence-electron chi connectivity index (χ0n) is 15.4. The number of hydrogen-bond donors (Lipinski definition) is 2. The summed E-state index contributed by atoms with van der Waals surface area (Å²) in [5, 5.41) is 5.30. The molecule has 0 aliphatic carbocycles. The lowest BCUT2D eigenvalue weighted by Gasteiger charge is -2.15. The zero-order chi connectivity index (χ0) is 22.1. The summed E-state index contributed by atoms with van der Waals surface area (Å²) in [6.07, 6.45) is -11.0. The van der Waals surface area contributed by atoms with Crippen LogP contribution in [-0.2, 0) is 23.7 Å². The van der Waals surface area contributed by atoms with Crippen LogP contribution >= 0.6 is 0 Å². The van der Waals surface area contributed by atoms with Gasteiger partial charge in [0.05, 0.1) is 17.2 Å². The molecule has 2 atom stereocenters. The molecule has 0 bridgehead atoms. The monoisotopic (exact) mass is 434 g/mol. The van der Waals surface area contributed by atoms with E-state index in [2.05, 4.69) is 10.6 Å². The zero-order valence-corrected chi connectivity index (χ0v) is 15.4. The van der Waals surface area contributed by atoms with Crippen molar-refractivity contribution in [3.63, 3.8) is 0 Å². The Hall–Kier alpha value is -2.62. The quantitative estimate of drug-likeness (QED) is 0.685. The Morgan fingerprint density at radius 2 is 1.60 bits per heavy atom. The van der Waals surface area contributed by atoms with Crippen LogP contribution < -0.4 is 10.6 Å². The predicted molar refractivity (Wildman–Crippen MR) is 95.0 cm³/mol. The average Bonchev–Trinajstić information content (AvgIpc) is 3.11. The van der Waals surface area contributed by atoms with E-state index in [1.165, 1.54) is 18.2 Å². The van der Waals surface area contributed by atoms with Gasteiger partial charge in [-0.1, -0.05) is 18.2 Å². The molecule has 30 heavy (non-hydrogen) atoms. The van der Waals surface area contributed by atoms with E-state index in [1.54, 1.807) is 6.07 Å². The molecule has 1 fully saturated rings. The van der Waals surface area contributed by atoms with E-state index >= 15 is 0 Å². The molecule has 0 saturated carbocycles. The van der Waals surface area contributed by atoms with Gasteiger partial charge in [0.2, 0.25) is 5.91 Å². The van der Waals surface area contributed by atoms with Crippen LogP contribution in [0.5, 0.6) is 0 Å². The molecule has 0 aromatic heterocycles. The molecule has 1 saturated heterocycles. The molecule has 0 unspecified atom stereocenters. The number of halogens is 7. The second-order valence-electron chi connectivity index (χ2n) is 7.01. The summed E-state index contributed by atoms with van der Waals surface area (Å²) in [7, 11) is 0. The molecule has 1 aliphatic rings. The number of alkyl halides is 7. The van der Waals surface area contributed by atoms with E-state index in [0.717, 1.165) is 0 Å². The standard InChI is InChI=1S/C20H17F7N2O/c21-16-8-17(28-10-16)18(30)29-9-11-2-1-3-12(4-11)13-5-14(19(22,23)24)7-15(6-13)20(25,26)27/h1-7,16-17,28H,8-10H2,(H,29,30)/t16-,17-/m0/s1. The van der Waals surface area contributed by atoms with Crippen LogP contribution in [0.15, 0.2) is 42.5 Å². The molecule has 1 amide bonds. The maximum atomic E-state index is 13.2. The highest BCUT2D eigenvalue weighted by Gasteiger charge is 2.37. The SMILES string of the molecule is O=C(NCc1cccc(-c2cc(C(F)(F)F)cc(C(F)(F)F)c2)c1)[C@@H]1C[C@H](F)CN1. The van der Waals surface area contributed by atoms with E-state index in [4.69, 9.17) is 0 Å². The van der Waals surface area contributed by atoms with Crippen molar-refractivity contribution in [2.75, 3.05) is 6.54 Å². The van der Waals surface area contributed by atoms with Crippen molar-refractivity contribution in [1.82, 2.24) is 10.6 Å². The molecule has 1 aliphatic heterocycles. The van der Waals surface area contributed by atoms with Gasteiger partial charge < -0.3 is 10.6 Å². The van der Waals surface area contributed by atoms with E-state index in [9.17, 15) is 35.5 Å². The summed E-state index contributed by atoms with van der Waals surface area (Å²) in [5.41, 5.74) is -2.44. The van der Waals surface area contributed by atoms with Crippen molar-refractivity contribution in [3.8, 4) is 11.1 Å². The number of rotatable bonds is 4. The summed E-state index contributed by atoms with van der Waals surface area (Å²) < 4.78 is 91.6. The summed E-state index contributed by atoms with van der Waals surface area (Å²) in [5.74, 6) is -0.432. The fraction of sp³-hybridized carbons (Fsp3) is 0.350. The molecule has 10 heteroatoms. The fourth-order valence-corrected chi connectivity index (χ4v) is 3.19. The molecule has 1 heterocycles. The average molecular weight is 434 g/mol. The minimum Gasteiger partial charge on any atom is -0.351 e. The highest BCUT2D eigenvalue weighted by Crippen LogP contribution is 2.38. The molecule has 3 nitrogen and oxygen atoms in total. The third kappa shape index (κ3) is 5.29. The van der Waals surface area contributed by atoms with Gasteiger partial charge in [-0.25, -0.2) is 4.39 Å². The highest BCUT2D eigenvalue weighted by atomic mass is 19.4. The summed E-state index contributed by atoms with van der Waals surface area (Å²) >= 11 is 0. The highest BCUT2D eigenvalue weighted by molar-refractivity contribution is 5.82. The molecule has 162 valence electrons. The largest absolute Gasteiger partial charge is 0.416 e. The lowest BCUT2D eigenvalue weighted by Crippen LogP contribution is -2.39. The third-order valence-corrected chi connectivity index (χ3v) is 4.71. The first-order valence-corrected chi connectivity index (χ1v) is 8.97. The van der Waals surface area contributed by atoms with Gasteiger partial charge in [0.25, 0.3) is 0 Å². The number of carbonyl (C=O) groups is 1. The maximum absolute atomic E-state index is 13.2. The molecule has 0 radical (unpaired) electrons. The van der Waals surface area contributed by atoms with Crippen LogP contribution in [0.3, 0.4) is 0 Å². The van der Waals surface area contributed by atoms with Crippen LogP contribution in [0.25, 0.3) is 11.1 Å². The normalized spacial score (nSPS) is 19.7. The Morgan fingerprint density at radius 1 is 0.967 bits per heavy atom. The fourth-order valence-electron chi connectivity index (χ4n) is 3.19. The van der Waals surface area contributed by atoms with Crippen molar-refractivity contribution in [3.05, 3.63) is 59.2 Å². The van der Waals surface area contributed by atoms with Crippen molar-refractivity contribution in [1.29, 1.82) is 0 Å². The van der Waals surface area contributed by atoms with Gasteiger partial charge in [-0.3, -0.25) is 4.79 Å². The van der Waals surface area contributed by atoms with E-state index in [1.807, 2.05) is 0 Å². The summed E-state index contributed by atoms with van der Waals surface area (Å²) in [6, 6.07) is 6.51.